The summed E-state index contributed by atoms with van der Waals surface area (Å²) >= 11 is 1.45. The van der Waals surface area contributed by atoms with Gasteiger partial charge in [-0.15, -0.1) is 0 Å². The Balaban J connectivity index is 2.13. The van der Waals surface area contributed by atoms with Gasteiger partial charge in [-0.25, -0.2) is 9.67 Å². The van der Waals surface area contributed by atoms with Crippen LogP contribution in [0.2, 0.25) is 0 Å². The third-order valence-corrected chi connectivity index (χ3v) is 4.83. The second-order valence-corrected chi connectivity index (χ2v) is 6.16. The molecule has 116 valence electrons. The Hall–Kier alpha value is -1.92. The van der Waals surface area contributed by atoms with Crippen LogP contribution in [0.1, 0.15) is 22.3 Å². The molecule has 0 N–H and O–H groups in total. The molecular weight excluding hydrogens is 298 g/mol. The largest absolute Gasteiger partial charge is 0.378 e. The number of rotatable bonds is 3. The Labute approximate surface area is 133 Å². The van der Waals surface area contributed by atoms with Gasteiger partial charge in [0, 0.05) is 6.92 Å². The summed E-state index contributed by atoms with van der Waals surface area (Å²) in [6, 6.07) is 9.82. The van der Waals surface area contributed by atoms with Crippen LogP contribution in [0.3, 0.4) is 0 Å². The zero-order chi connectivity index (χ0) is 15.5. The van der Waals surface area contributed by atoms with Crippen molar-refractivity contribution in [2.45, 2.75) is 13.8 Å². The molecule has 2 heterocycles. The predicted molar refractivity (Wildman–Crippen MR) is 87.5 cm³/mol. The number of carbonyl (C=O) groups is 1. The van der Waals surface area contributed by atoms with E-state index in [0.717, 1.165) is 34.1 Å². The zero-order valence-electron chi connectivity index (χ0n) is 12.8. The Bertz CT molecular complexity index is 728. The Morgan fingerprint density at radius 3 is 2.55 bits per heavy atom. The fourth-order valence-electron chi connectivity index (χ4n) is 2.54. The minimum Gasteiger partial charge on any atom is -0.378 e. The van der Waals surface area contributed by atoms with Crippen LogP contribution in [0.4, 0.5) is 5.69 Å². The fourth-order valence-corrected chi connectivity index (χ4v) is 3.60. The summed E-state index contributed by atoms with van der Waals surface area (Å²) in [5, 5.41) is 2.20. The SMILES string of the molecule is CC(=O)c1sc(=Nc2ccccc2)n(N2CCOCC2)c1C. The first kappa shape index (κ1) is 15.0. The lowest BCUT2D eigenvalue weighted by Gasteiger charge is -2.30. The number of Topliss-reactive ketones (excluding diaryl/α,β-unsaturated/α-hetero) is 1. The number of aromatic nitrogens is 1. The van der Waals surface area contributed by atoms with Gasteiger partial charge in [0.05, 0.1) is 42.6 Å². The number of nitrogens with zero attached hydrogens (tertiary/aromatic N) is 3. The van der Waals surface area contributed by atoms with Gasteiger partial charge in [0.1, 0.15) is 0 Å². The maximum atomic E-state index is 11.9. The van der Waals surface area contributed by atoms with Crippen molar-refractivity contribution in [3.63, 3.8) is 0 Å². The van der Waals surface area contributed by atoms with E-state index in [0.29, 0.717) is 13.2 Å². The molecule has 1 fully saturated rings. The Morgan fingerprint density at radius 2 is 1.91 bits per heavy atom. The second-order valence-electron chi connectivity index (χ2n) is 5.18. The normalized spacial score (nSPS) is 16.1. The van der Waals surface area contributed by atoms with Crippen LogP contribution in [0, 0.1) is 6.92 Å². The van der Waals surface area contributed by atoms with E-state index in [1.54, 1.807) is 6.92 Å². The van der Waals surface area contributed by atoms with Gasteiger partial charge in [-0.1, -0.05) is 29.5 Å². The van der Waals surface area contributed by atoms with Crippen molar-refractivity contribution in [2.24, 2.45) is 4.99 Å². The van der Waals surface area contributed by atoms with Gasteiger partial charge >= 0.3 is 0 Å². The molecule has 5 nitrogen and oxygen atoms in total. The summed E-state index contributed by atoms with van der Waals surface area (Å²) in [6.07, 6.45) is 0. The first-order chi connectivity index (χ1) is 10.7. The number of carbonyl (C=O) groups excluding carboxylic acids is 1. The van der Waals surface area contributed by atoms with Crippen LogP contribution in [0.15, 0.2) is 35.3 Å². The van der Waals surface area contributed by atoms with Gasteiger partial charge in [0.2, 0.25) is 4.80 Å². The van der Waals surface area contributed by atoms with Crippen LogP contribution in [-0.2, 0) is 4.74 Å². The second kappa shape index (κ2) is 6.46. The molecule has 3 rings (SSSR count). The molecular formula is C16H19N3O2S. The molecule has 2 aromatic rings. The maximum absolute atomic E-state index is 11.9. The van der Waals surface area contributed by atoms with E-state index in [9.17, 15) is 4.79 Å². The molecule has 1 aliphatic rings. The van der Waals surface area contributed by atoms with Crippen LogP contribution >= 0.6 is 11.3 Å². The van der Waals surface area contributed by atoms with Gasteiger partial charge in [-0.3, -0.25) is 4.79 Å². The van der Waals surface area contributed by atoms with Gasteiger partial charge in [-0.2, -0.15) is 0 Å². The van der Waals surface area contributed by atoms with Crippen molar-refractivity contribution in [2.75, 3.05) is 31.3 Å². The molecule has 0 spiro atoms. The van der Waals surface area contributed by atoms with Crippen molar-refractivity contribution in [3.05, 3.63) is 45.7 Å². The van der Waals surface area contributed by atoms with Crippen molar-refractivity contribution in [1.29, 1.82) is 0 Å². The van der Waals surface area contributed by atoms with Crippen molar-refractivity contribution in [3.8, 4) is 0 Å². The third kappa shape index (κ3) is 2.98. The predicted octanol–water partition coefficient (Wildman–Crippen LogP) is 2.26. The summed E-state index contributed by atoms with van der Waals surface area (Å²) < 4.78 is 7.49. The summed E-state index contributed by atoms with van der Waals surface area (Å²) in [5.41, 5.74) is 1.84. The zero-order valence-corrected chi connectivity index (χ0v) is 13.6. The number of morpholine rings is 1. The van der Waals surface area contributed by atoms with Crippen LogP contribution in [0.5, 0.6) is 0 Å². The summed E-state index contributed by atoms with van der Waals surface area (Å²) in [6.45, 7) is 6.58. The number of benzene rings is 1. The van der Waals surface area contributed by atoms with Gasteiger partial charge in [0.25, 0.3) is 0 Å². The van der Waals surface area contributed by atoms with E-state index >= 15 is 0 Å². The highest BCUT2D eigenvalue weighted by Crippen LogP contribution is 2.16. The molecule has 1 saturated heterocycles. The molecule has 0 atom stereocenters. The molecule has 22 heavy (non-hydrogen) atoms. The average Bonchev–Trinajstić information content (AvgIpc) is 2.86. The van der Waals surface area contributed by atoms with Crippen molar-refractivity contribution in [1.82, 2.24) is 4.68 Å². The lowest BCUT2D eigenvalue weighted by molar-refractivity contribution is 0.101. The summed E-state index contributed by atoms with van der Waals surface area (Å²) in [5.74, 6) is 0.0824. The van der Waals surface area contributed by atoms with Crippen molar-refractivity contribution < 1.29 is 9.53 Å². The lowest BCUT2D eigenvalue weighted by atomic mass is 10.3. The van der Waals surface area contributed by atoms with Crippen molar-refractivity contribution >= 4 is 22.8 Å². The molecule has 0 aliphatic carbocycles. The first-order valence-electron chi connectivity index (χ1n) is 7.33. The van der Waals surface area contributed by atoms with E-state index in [4.69, 9.17) is 9.73 Å². The molecule has 0 amide bonds. The molecule has 0 bridgehead atoms. The summed E-state index contributed by atoms with van der Waals surface area (Å²) in [4.78, 5) is 18.2. The summed E-state index contributed by atoms with van der Waals surface area (Å²) in [7, 11) is 0. The van der Waals surface area contributed by atoms with Gasteiger partial charge < -0.3 is 9.75 Å². The molecule has 0 saturated carbocycles. The van der Waals surface area contributed by atoms with Crippen LogP contribution in [0.25, 0.3) is 0 Å². The average molecular weight is 317 g/mol. The minimum atomic E-state index is 0.0824. The fraction of sp³-hybridized carbons (Fsp3) is 0.375. The van der Waals surface area contributed by atoms with E-state index in [1.807, 2.05) is 37.3 Å². The molecule has 1 aromatic heterocycles. The van der Waals surface area contributed by atoms with E-state index in [2.05, 4.69) is 9.69 Å². The quantitative estimate of drug-likeness (QED) is 0.816. The van der Waals surface area contributed by atoms with E-state index in [-0.39, 0.29) is 5.78 Å². The molecule has 1 aliphatic heterocycles. The lowest BCUT2D eigenvalue weighted by Crippen LogP contribution is -2.48. The highest BCUT2D eigenvalue weighted by Gasteiger charge is 2.19. The number of ketones is 1. The third-order valence-electron chi connectivity index (χ3n) is 3.59. The van der Waals surface area contributed by atoms with E-state index in [1.165, 1.54) is 11.3 Å². The molecule has 0 unspecified atom stereocenters. The topological polar surface area (TPSA) is 46.8 Å². The molecule has 6 heteroatoms. The highest BCUT2D eigenvalue weighted by molar-refractivity contribution is 7.11. The standard InChI is InChI=1S/C16H19N3O2S/c1-12-15(13(2)20)22-16(17-14-6-4-3-5-7-14)19(12)18-8-10-21-11-9-18/h3-7H,8-11H2,1-2H3. The molecule has 1 aromatic carbocycles. The highest BCUT2D eigenvalue weighted by atomic mass is 32.1. The van der Waals surface area contributed by atoms with Crippen LogP contribution < -0.4 is 9.81 Å². The monoisotopic (exact) mass is 317 g/mol. The number of hydrogen-bond donors (Lipinski definition) is 0. The first-order valence-corrected chi connectivity index (χ1v) is 8.14. The van der Waals surface area contributed by atoms with Gasteiger partial charge in [0.15, 0.2) is 5.78 Å². The molecule has 0 radical (unpaired) electrons. The van der Waals surface area contributed by atoms with Gasteiger partial charge in [-0.05, 0) is 19.1 Å². The smallest absolute Gasteiger partial charge is 0.209 e. The minimum absolute atomic E-state index is 0.0824. The Kier molecular flexibility index (Phi) is 4.40. The Morgan fingerprint density at radius 1 is 1.23 bits per heavy atom. The number of thiazole rings is 1. The number of hydrogen-bond acceptors (Lipinski definition) is 5. The number of para-hydroxylation sites is 1. The maximum Gasteiger partial charge on any atom is 0.209 e. The van der Waals surface area contributed by atoms with Crippen LogP contribution in [-0.4, -0.2) is 36.8 Å². The number of ether oxygens (including phenoxy) is 1. The van der Waals surface area contributed by atoms with E-state index < -0.39 is 0 Å².